The summed E-state index contributed by atoms with van der Waals surface area (Å²) < 4.78 is 13.8. The van der Waals surface area contributed by atoms with Crippen molar-refractivity contribution in [3.05, 3.63) is 35.0 Å². The van der Waals surface area contributed by atoms with Crippen LogP contribution >= 0.6 is 11.3 Å². The van der Waals surface area contributed by atoms with E-state index in [2.05, 4.69) is 5.32 Å². The Morgan fingerprint density at radius 1 is 1.44 bits per heavy atom. The second-order valence-corrected chi connectivity index (χ2v) is 5.87. The first kappa shape index (κ1) is 13.0. The molecular weight excluding hydrogens is 253 g/mol. The van der Waals surface area contributed by atoms with Crippen molar-refractivity contribution in [1.29, 1.82) is 0 Å². The van der Waals surface area contributed by atoms with Crippen molar-refractivity contribution < 1.29 is 14.3 Å². The Morgan fingerprint density at radius 3 is 2.83 bits per heavy atom. The Kier molecular flexibility index (Phi) is 3.36. The average molecular weight is 267 g/mol. The summed E-state index contributed by atoms with van der Waals surface area (Å²) in [5.74, 6) is -0.563. The van der Waals surface area contributed by atoms with E-state index in [0.29, 0.717) is 4.88 Å². The van der Waals surface area contributed by atoms with E-state index in [0.717, 1.165) is 10.1 Å². The Morgan fingerprint density at radius 2 is 2.17 bits per heavy atom. The van der Waals surface area contributed by atoms with Crippen LogP contribution in [0.5, 0.6) is 0 Å². The molecule has 0 fully saturated rings. The summed E-state index contributed by atoms with van der Waals surface area (Å²) in [6.45, 7) is 3.41. The van der Waals surface area contributed by atoms with E-state index < -0.39 is 5.60 Å². The molecule has 2 rings (SSSR count). The molecule has 2 N–H and O–H groups in total. The molecule has 0 aliphatic rings. The third-order valence-corrected chi connectivity index (χ3v) is 3.48. The van der Waals surface area contributed by atoms with E-state index in [1.807, 2.05) is 0 Å². The summed E-state index contributed by atoms with van der Waals surface area (Å²) in [6.07, 6.45) is 0. The second kappa shape index (κ2) is 4.66. The molecule has 0 aliphatic heterocycles. The largest absolute Gasteiger partial charge is 0.389 e. The number of nitrogens with one attached hydrogen (secondary N) is 1. The topological polar surface area (TPSA) is 49.3 Å². The van der Waals surface area contributed by atoms with Gasteiger partial charge >= 0.3 is 0 Å². The normalized spacial score (nSPS) is 11.8. The number of benzene rings is 1. The zero-order valence-electron chi connectivity index (χ0n) is 10.2. The maximum absolute atomic E-state index is 13.0. The monoisotopic (exact) mass is 267 g/mol. The minimum absolute atomic E-state index is 0.175. The molecule has 96 valence electrons. The molecule has 0 aliphatic carbocycles. The highest BCUT2D eigenvalue weighted by atomic mass is 32.1. The molecule has 3 nitrogen and oxygen atoms in total. The lowest BCUT2D eigenvalue weighted by Gasteiger charge is -2.17. The molecule has 1 aromatic carbocycles. The molecule has 0 atom stereocenters. The fourth-order valence-corrected chi connectivity index (χ4v) is 2.50. The number of rotatable bonds is 3. The van der Waals surface area contributed by atoms with E-state index in [-0.39, 0.29) is 18.3 Å². The van der Waals surface area contributed by atoms with Gasteiger partial charge in [-0.25, -0.2) is 4.39 Å². The van der Waals surface area contributed by atoms with Crippen LogP contribution in [0, 0.1) is 5.82 Å². The van der Waals surface area contributed by atoms with Gasteiger partial charge in [0.1, 0.15) is 5.82 Å². The molecule has 1 aromatic heterocycles. The van der Waals surface area contributed by atoms with Gasteiger partial charge in [-0.2, -0.15) is 0 Å². The number of hydrogen-bond acceptors (Lipinski definition) is 3. The Labute approximate surface area is 108 Å². The van der Waals surface area contributed by atoms with E-state index in [9.17, 15) is 14.3 Å². The average Bonchev–Trinajstić information content (AvgIpc) is 2.67. The van der Waals surface area contributed by atoms with Crippen molar-refractivity contribution >= 4 is 27.3 Å². The molecule has 18 heavy (non-hydrogen) atoms. The Bertz CT molecular complexity index is 586. The van der Waals surface area contributed by atoms with Crippen LogP contribution in [-0.4, -0.2) is 23.2 Å². The number of carbonyl (C=O) groups excluding carboxylic acids is 1. The van der Waals surface area contributed by atoms with Crippen molar-refractivity contribution in [3.8, 4) is 0 Å². The predicted octanol–water partition coefficient (Wildman–Crippen LogP) is 2.54. The molecular formula is C13H14FNO2S. The van der Waals surface area contributed by atoms with Gasteiger partial charge in [0.15, 0.2) is 0 Å². The molecule has 0 unspecified atom stereocenters. The van der Waals surface area contributed by atoms with Crippen molar-refractivity contribution in [2.24, 2.45) is 0 Å². The van der Waals surface area contributed by atoms with E-state index >= 15 is 0 Å². The first-order valence-corrected chi connectivity index (χ1v) is 6.36. The van der Waals surface area contributed by atoms with Gasteiger partial charge in [0.05, 0.1) is 10.5 Å². The Balaban J connectivity index is 2.18. The van der Waals surface area contributed by atoms with Crippen LogP contribution in [0.4, 0.5) is 4.39 Å². The van der Waals surface area contributed by atoms with Crippen LogP contribution in [0.25, 0.3) is 10.1 Å². The van der Waals surface area contributed by atoms with Gasteiger partial charge in [-0.05, 0) is 37.4 Å². The van der Waals surface area contributed by atoms with Gasteiger partial charge in [0.25, 0.3) is 5.91 Å². The zero-order chi connectivity index (χ0) is 13.3. The van der Waals surface area contributed by atoms with Crippen LogP contribution in [0.3, 0.4) is 0 Å². The van der Waals surface area contributed by atoms with Gasteiger partial charge < -0.3 is 10.4 Å². The van der Waals surface area contributed by atoms with Crippen molar-refractivity contribution in [3.63, 3.8) is 0 Å². The number of halogens is 1. The van der Waals surface area contributed by atoms with Crippen molar-refractivity contribution in [1.82, 2.24) is 5.32 Å². The number of carbonyl (C=O) groups is 1. The smallest absolute Gasteiger partial charge is 0.261 e. The first-order valence-electron chi connectivity index (χ1n) is 5.55. The molecule has 0 bridgehead atoms. The molecule has 5 heteroatoms. The number of amides is 1. The third-order valence-electron chi connectivity index (χ3n) is 2.39. The fraction of sp³-hybridized carbons (Fsp3) is 0.308. The first-order chi connectivity index (χ1) is 8.35. The molecule has 0 radical (unpaired) electrons. The maximum Gasteiger partial charge on any atom is 0.261 e. The fourth-order valence-electron chi connectivity index (χ4n) is 1.50. The molecule has 2 aromatic rings. The van der Waals surface area contributed by atoms with E-state index in [1.165, 1.54) is 23.5 Å². The minimum Gasteiger partial charge on any atom is -0.389 e. The highest BCUT2D eigenvalue weighted by molar-refractivity contribution is 7.20. The summed E-state index contributed by atoms with van der Waals surface area (Å²) in [7, 11) is 0. The van der Waals surface area contributed by atoms with Gasteiger partial charge in [-0.3, -0.25) is 4.79 Å². The Hall–Kier alpha value is -1.46. The molecule has 0 saturated heterocycles. The standard InChI is InChI=1S/C13H14FNO2S/c1-13(2,17)7-15-12(16)11-5-8-3-4-9(14)6-10(8)18-11/h3-6,17H,7H2,1-2H3,(H,15,16). The van der Waals surface area contributed by atoms with Crippen LogP contribution in [0.2, 0.25) is 0 Å². The van der Waals surface area contributed by atoms with E-state index in [4.69, 9.17) is 0 Å². The molecule has 0 spiro atoms. The summed E-state index contributed by atoms with van der Waals surface area (Å²) in [6, 6.07) is 6.15. The van der Waals surface area contributed by atoms with Crippen LogP contribution in [0.15, 0.2) is 24.3 Å². The highest BCUT2D eigenvalue weighted by Crippen LogP contribution is 2.26. The lowest BCUT2D eigenvalue weighted by atomic mass is 10.1. The number of aliphatic hydroxyl groups is 1. The number of hydrogen-bond donors (Lipinski definition) is 2. The quantitative estimate of drug-likeness (QED) is 0.898. The molecule has 1 heterocycles. The van der Waals surface area contributed by atoms with E-state index in [1.54, 1.807) is 26.0 Å². The van der Waals surface area contributed by atoms with Gasteiger partial charge in [0.2, 0.25) is 0 Å². The highest BCUT2D eigenvalue weighted by Gasteiger charge is 2.16. The third kappa shape index (κ3) is 3.05. The number of fused-ring (bicyclic) bond motifs is 1. The van der Waals surface area contributed by atoms with Gasteiger partial charge in [-0.15, -0.1) is 11.3 Å². The lowest BCUT2D eigenvalue weighted by molar-refractivity contribution is 0.0696. The number of thiophene rings is 1. The summed E-state index contributed by atoms with van der Waals surface area (Å²) >= 11 is 1.24. The zero-order valence-corrected chi connectivity index (χ0v) is 11.0. The van der Waals surface area contributed by atoms with Crippen molar-refractivity contribution in [2.75, 3.05) is 6.54 Å². The van der Waals surface area contributed by atoms with Crippen LogP contribution < -0.4 is 5.32 Å². The lowest BCUT2D eigenvalue weighted by Crippen LogP contribution is -2.37. The summed E-state index contributed by atoms with van der Waals surface area (Å²) in [5.41, 5.74) is -0.946. The summed E-state index contributed by atoms with van der Waals surface area (Å²) in [4.78, 5) is 12.4. The predicted molar refractivity (Wildman–Crippen MR) is 70.4 cm³/mol. The molecule has 0 saturated carbocycles. The van der Waals surface area contributed by atoms with Crippen LogP contribution in [0.1, 0.15) is 23.5 Å². The minimum atomic E-state index is -0.946. The van der Waals surface area contributed by atoms with Gasteiger partial charge in [-0.1, -0.05) is 6.07 Å². The van der Waals surface area contributed by atoms with Gasteiger partial charge in [0, 0.05) is 11.2 Å². The molecule has 1 amide bonds. The maximum atomic E-state index is 13.0. The van der Waals surface area contributed by atoms with Crippen molar-refractivity contribution in [2.45, 2.75) is 19.4 Å². The SMILES string of the molecule is CC(C)(O)CNC(=O)c1cc2ccc(F)cc2s1. The summed E-state index contributed by atoms with van der Waals surface area (Å²) in [5, 5.41) is 13.0. The van der Waals surface area contributed by atoms with Crippen LogP contribution in [-0.2, 0) is 0 Å². The second-order valence-electron chi connectivity index (χ2n) is 4.79.